The Labute approximate surface area is 105 Å². The maximum absolute atomic E-state index is 11.0. The Morgan fingerprint density at radius 3 is 3.00 bits per heavy atom. The highest BCUT2D eigenvalue weighted by Gasteiger charge is 2.23. The molecule has 2 rings (SSSR count). The third-order valence-corrected chi connectivity index (χ3v) is 3.08. The highest BCUT2D eigenvalue weighted by Crippen LogP contribution is 2.31. The van der Waals surface area contributed by atoms with E-state index in [2.05, 4.69) is 12.2 Å². The van der Waals surface area contributed by atoms with Gasteiger partial charge in [0, 0.05) is 36.8 Å². The molecule has 0 aliphatic carbocycles. The van der Waals surface area contributed by atoms with E-state index in [0.29, 0.717) is 16.8 Å². The van der Waals surface area contributed by atoms with Crippen LogP contribution in [0.15, 0.2) is 18.2 Å². The van der Waals surface area contributed by atoms with Crippen LogP contribution in [0.3, 0.4) is 0 Å². The SMILES string of the molecule is CC1CN(c2cc(Cl)ccc2[N+](=O)[O-])CCN1. The van der Waals surface area contributed by atoms with Crippen LogP contribution in [0.25, 0.3) is 0 Å². The fraction of sp³-hybridized carbons (Fsp3) is 0.455. The lowest BCUT2D eigenvalue weighted by molar-refractivity contribution is -0.384. The number of nitro benzene ring substituents is 1. The van der Waals surface area contributed by atoms with Crippen LogP contribution in [0.1, 0.15) is 6.92 Å². The van der Waals surface area contributed by atoms with Crippen molar-refractivity contribution in [1.29, 1.82) is 0 Å². The standard InChI is InChI=1S/C11H14ClN3O2/c1-8-7-14(5-4-13-8)11-6-9(12)2-3-10(11)15(16)17/h2-3,6,8,13H,4-5,7H2,1H3. The predicted octanol–water partition coefficient (Wildman–Crippen LogP) is 2.05. The maximum Gasteiger partial charge on any atom is 0.292 e. The van der Waals surface area contributed by atoms with Gasteiger partial charge in [-0.3, -0.25) is 10.1 Å². The van der Waals surface area contributed by atoms with Crippen molar-refractivity contribution in [2.24, 2.45) is 0 Å². The normalized spacial score (nSPS) is 20.4. The van der Waals surface area contributed by atoms with Crippen LogP contribution in [-0.2, 0) is 0 Å². The van der Waals surface area contributed by atoms with Crippen molar-refractivity contribution in [2.45, 2.75) is 13.0 Å². The van der Waals surface area contributed by atoms with Crippen LogP contribution >= 0.6 is 11.6 Å². The van der Waals surface area contributed by atoms with Crippen LogP contribution in [0.5, 0.6) is 0 Å². The van der Waals surface area contributed by atoms with E-state index in [-0.39, 0.29) is 10.6 Å². The summed E-state index contributed by atoms with van der Waals surface area (Å²) >= 11 is 5.91. The Morgan fingerprint density at radius 2 is 2.35 bits per heavy atom. The van der Waals surface area contributed by atoms with Crippen molar-refractivity contribution in [2.75, 3.05) is 24.5 Å². The zero-order valence-electron chi connectivity index (χ0n) is 9.52. The number of rotatable bonds is 2. The first-order chi connectivity index (χ1) is 8.08. The molecule has 0 aromatic heterocycles. The number of halogens is 1. The van der Waals surface area contributed by atoms with Gasteiger partial charge in [-0.1, -0.05) is 11.6 Å². The lowest BCUT2D eigenvalue weighted by Gasteiger charge is -2.33. The van der Waals surface area contributed by atoms with E-state index in [4.69, 9.17) is 11.6 Å². The zero-order valence-corrected chi connectivity index (χ0v) is 10.3. The van der Waals surface area contributed by atoms with Gasteiger partial charge in [0.05, 0.1) is 4.92 Å². The van der Waals surface area contributed by atoms with Gasteiger partial charge in [-0.05, 0) is 19.1 Å². The first kappa shape index (κ1) is 12.1. The molecule has 1 unspecified atom stereocenters. The van der Waals surface area contributed by atoms with E-state index < -0.39 is 0 Å². The van der Waals surface area contributed by atoms with Crippen LogP contribution in [0.2, 0.25) is 5.02 Å². The Balaban J connectivity index is 2.35. The van der Waals surface area contributed by atoms with Gasteiger partial charge >= 0.3 is 0 Å². The zero-order chi connectivity index (χ0) is 12.4. The van der Waals surface area contributed by atoms with E-state index in [0.717, 1.165) is 19.6 Å². The number of nitro groups is 1. The molecule has 1 saturated heterocycles. The van der Waals surface area contributed by atoms with Gasteiger partial charge in [-0.15, -0.1) is 0 Å². The van der Waals surface area contributed by atoms with Gasteiger partial charge in [0.25, 0.3) is 5.69 Å². The Hall–Kier alpha value is -1.33. The van der Waals surface area contributed by atoms with Gasteiger partial charge in [-0.25, -0.2) is 0 Å². The molecule has 17 heavy (non-hydrogen) atoms. The van der Waals surface area contributed by atoms with Crippen molar-refractivity contribution in [3.8, 4) is 0 Å². The summed E-state index contributed by atoms with van der Waals surface area (Å²) in [6, 6.07) is 5.00. The third-order valence-electron chi connectivity index (χ3n) is 2.84. The molecule has 0 radical (unpaired) electrons. The topological polar surface area (TPSA) is 58.4 Å². The van der Waals surface area contributed by atoms with Crippen molar-refractivity contribution >= 4 is 23.0 Å². The second kappa shape index (κ2) is 4.89. The fourth-order valence-electron chi connectivity index (χ4n) is 2.06. The molecule has 5 nitrogen and oxygen atoms in total. The molecule has 1 aromatic rings. The molecule has 1 N–H and O–H groups in total. The van der Waals surface area contributed by atoms with Gasteiger partial charge in [0.1, 0.15) is 5.69 Å². The van der Waals surface area contributed by atoms with Gasteiger partial charge in [0.2, 0.25) is 0 Å². The van der Waals surface area contributed by atoms with Crippen LogP contribution in [0, 0.1) is 10.1 Å². The van der Waals surface area contributed by atoms with Gasteiger partial charge in [0.15, 0.2) is 0 Å². The van der Waals surface area contributed by atoms with Crippen molar-refractivity contribution in [1.82, 2.24) is 5.32 Å². The average Bonchev–Trinajstić information content (AvgIpc) is 2.28. The summed E-state index contributed by atoms with van der Waals surface area (Å²) in [6.07, 6.45) is 0. The largest absolute Gasteiger partial charge is 0.363 e. The molecule has 1 heterocycles. The predicted molar refractivity (Wildman–Crippen MR) is 67.8 cm³/mol. The minimum absolute atomic E-state index is 0.114. The molecule has 0 spiro atoms. The van der Waals surface area contributed by atoms with E-state index in [1.54, 1.807) is 12.1 Å². The number of hydrogen-bond acceptors (Lipinski definition) is 4. The number of nitrogens with zero attached hydrogens (tertiary/aromatic N) is 2. The molecule has 1 aromatic carbocycles. The molecule has 0 amide bonds. The minimum atomic E-state index is -0.363. The van der Waals surface area contributed by atoms with Crippen LogP contribution < -0.4 is 10.2 Å². The lowest BCUT2D eigenvalue weighted by atomic mass is 10.2. The number of benzene rings is 1. The molecule has 92 valence electrons. The molecule has 0 bridgehead atoms. The first-order valence-electron chi connectivity index (χ1n) is 5.50. The number of piperazine rings is 1. The summed E-state index contributed by atoms with van der Waals surface area (Å²) in [5, 5.41) is 14.8. The van der Waals surface area contributed by atoms with E-state index >= 15 is 0 Å². The van der Waals surface area contributed by atoms with Gasteiger partial charge < -0.3 is 10.2 Å². The summed E-state index contributed by atoms with van der Waals surface area (Å²) in [5.41, 5.74) is 0.722. The molecular formula is C11H14ClN3O2. The number of anilines is 1. The monoisotopic (exact) mass is 255 g/mol. The molecule has 1 fully saturated rings. The Bertz CT molecular complexity index is 439. The average molecular weight is 256 g/mol. The van der Waals surface area contributed by atoms with Crippen molar-refractivity contribution in [3.63, 3.8) is 0 Å². The molecule has 1 aliphatic rings. The van der Waals surface area contributed by atoms with E-state index in [1.807, 2.05) is 4.90 Å². The lowest BCUT2D eigenvalue weighted by Crippen LogP contribution is -2.49. The minimum Gasteiger partial charge on any atom is -0.363 e. The summed E-state index contributed by atoms with van der Waals surface area (Å²) in [7, 11) is 0. The Morgan fingerprint density at radius 1 is 1.59 bits per heavy atom. The Kier molecular flexibility index (Phi) is 3.49. The highest BCUT2D eigenvalue weighted by molar-refractivity contribution is 6.31. The summed E-state index contributed by atoms with van der Waals surface area (Å²) in [6.45, 7) is 4.39. The van der Waals surface area contributed by atoms with Crippen LogP contribution in [-0.4, -0.2) is 30.6 Å². The smallest absolute Gasteiger partial charge is 0.292 e. The maximum atomic E-state index is 11.0. The fourth-order valence-corrected chi connectivity index (χ4v) is 2.22. The molecule has 1 atom stereocenters. The molecular weight excluding hydrogens is 242 g/mol. The summed E-state index contributed by atoms with van der Waals surface area (Å²) < 4.78 is 0. The molecule has 1 aliphatic heterocycles. The van der Waals surface area contributed by atoms with Gasteiger partial charge in [-0.2, -0.15) is 0 Å². The first-order valence-corrected chi connectivity index (χ1v) is 5.88. The summed E-state index contributed by atoms with van der Waals surface area (Å²) in [5.74, 6) is 0. The van der Waals surface area contributed by atoms with E-state index in [9.17, 15) is 10.1 Å². The van der Waals surface area contributed by atoms with Crippen molar-refractivity contribution in [3.05, 3.63) is 33.3 Å². The van der Waals surface area contributed by atoms with Crippen molar-refractivity contribution < 1.29 is 4.92 Å². The number of hydrogen-bond donors (Lipinski definition) is 1. The van der Waals surface area contributed by atoms with Crippen LogP contribution in [0.4, 0.5) is 11.4 Å². The highest BCUT2D eigenvalue weighted by atomic mass is 35.5. The molecule has 0 saturated carbocycles. The number of nitrogens with one attached hydrogen (secondary N) is 1. The second-order valence-electron chi connectivity index (χ2n) is 4.19. The summed E-state index contributed by atoms with van der Waals surface area (Å²) in [4.78, 5) is 12.6. The second-order valence-corrected chi connectivity index (χ2v) is 4.63. The molecule has 6 heteroatoms. The quantitative estimate of drug-likeness (QED) is 0.649. The van der Waals surface area contributed by atoms with E-state index in [1.165, 1.54) is 6.07 Å². The third kappa shape index (κ3) is 2.68.